The number of rotatable bonds is 3. The highest BCUT2D eigenvalue weighted by atomic mass is 35.5. The lowest BCUT2D eigenvalue weighted by atomic mass is 9.84. The number of para-hydroxylation sites is 2. The molecule has 1 aromatic heterocycles. The molecule has 1 aliphatic heterocycles. The second-order valence-corrected chi connectivity index (χ2v) is 7.33. The van der Waals surface area contributed by atoms with Gasteiger partial charge in [-0.2, -0.15) is 0 Å². The summed E-state index contributed by atoms with van der Waals surface area (Å²) in [4.78, 5) is 7.12. The highest BCUT2D eigenvalue weighted by molar-refractivity contribution is 6.30. The maximum atomic E-state index is 11.0. The highest BCUT2D eigenvalue weighted by Crippen LogP contribution is 2.33. The van der Waals surface area contributed by atoms with Crippen molar-refractivity contribution < 1.29 is 5.11 Å². The van der Waals surface area contributed by atoms with Gasteiger partial charge in [-0.3, -0.25) is 4.90 Å². The van der Waals surface area contributed by atoms with Gasteiger partial charge < -0.3 is 9.67 Å². The van der Waals surface area contributed by atoms with Crippen molar-refractivity contribution in [3.05, 3.63) is 64.9 Å². The summed E-state index contributed by atoms with van der Waals surface area (Å²) in [5.74, 6) is 1.07. The van der Waals surface area contributed by atoms with Gasteiger partial charge in [-0.1, -0.05) is 35.9 Å². The van der Waals surface area contributed by atoms with Crippen LogP contribution in [0.15, 0.2) is 48.5 Å². The lowest BCUT2D eigenvalue weighted by Gasteiger charge is -2.38. The molecule has 0 amide bonds. The van der Waals surface area contributed by atoms with Gasteiger partial charge in [0, 0.05) is 25.2 Å². The van der Waals surface area contributed by atoms with Gasteiger partial charge in [0.2, 0.25) is 0 Å². The molecule has 4 nitrogen and oxygen atoms in total. The number of benzene rings is 2. The number of hydrogen-bond acceptors (Lipinski definition) is 3. The first-order valence-electron chi connectivity index (χ1n) is 8.66. The number of aliphatic hydroxyl groups is 1. The molecular weight excluding hydrogens is 334 g/mol. The lowest BCUT2D eigenvalue weighted by molar-refractivity contribution is -0.0283. The smallest absolute Gasteiger partial charge is 0.123 e. The average molecular weight is 356 g/mol. The van der Waals surface area contributed by atoms with Gasteiger partial charge in [-0.25, -0.2) is 4.98 Å². The van der Waals surface area contributed by atoms with Gasteiger partial charge in [0.15, 0.2) is 0 Å². The molecule has 0 saturated carbocycles. The van der Waals surface area contributed by atoms with E-state index in [1.165, 1.54) is 0 Å². The molecular formula is C20H22ClN3O. The van der Waals surface area contributed by atoms with E-state index in [1.54, 1.807) is 0 Å². The van der Waals surface area contributed by atoms with Crippen molar-refractivity contribution in [3.63, 3.8) is 0 Å². The Kier molecular flexibility index (Phi) is 4.28. The summed E-state index contributed by atoms with van der Waals surface area (Å²) in [5, 5.41) is 11.7. The van der Waals surface area contributed by atoms with Crippen molar-refractivity contribution in [3.8, 4) is 0 Å². The van der Waals surface area contributed by atoms with Crippen molar-refractivity contribution in [1.29, 1.82) is 0 Å². The zero-order valence-electron chi connectivity index (χ0n) is 14.3. The molecule has 1 fully saturated rings. The van der Waals surface area contributed by atoms with Crippen LogP contribution in [0, 0.1) is 0 Å². The number of aromatic nitrogens is 2. The number of hydrogen-bond donors (Lipinski definition) is 1. The summed E-state index contributed by atoms with van der Waals surface area (Å²) >= 11 is 5.96. The quantitative estimate of drug-likeness (QED) is 0.778. The van der Waals surface area contributed by atoms with E-state index in [2.05, 4.69) is 22.6 Å². The number of nitrogens with zero attached hydrogens (tertiary/aromatic N) is 3. The number of likely N-dealkylation sites (tertiary alicyclic amines) is 1. The molecule has 130 valence electrons. The Hall–Kier alpha value is -1.88. The normalized spacial score (nSPS) is 17.9. The molecule has 1 aliphatic rings. The van der Waals surface area contributed by atoms with Gasteiger partial charge in [0.1, 0.15) is 5.82 Å². The molecule has 2 heterocycles. The maximum Gasteiger partial charge on any atom is 0.123 e. The number of fused-ring (bicyclic) bond motifs is 1. The van der Waals surface area contributed by atoms with E-state index in [1.807, 2.05) is 42.5 Å². The number of imidazole rings is 1. The number of piperidine rings is 1. The first-order valence-corrected chi connectivity index (χ1v) is 9.04. The van der Waals surface area contributed by atoms with Crippen LogP contribution in [0.2, 0.25) is 5.02 Å². The fourth-order valence-corrected chi connectivity index (χ4v) is 3.79. The second-order valence-electron chi connectivity index (χ2n) is 6.89. The minimum Gasteiger partial charge on any atom is -0.385 e. The van der Waals surface area contributed by atoms with E-state index >= 15 is 0 Å². The Morgan fingerprint density at radius 2 is 1.76 bits per heavy atom. The fraction of sp³-hybridized carbons (Fsp3) is 0.350. The van der Waals surface area contributed by atoms with E-state index in [0.29, 0.717) is 5.02 Å². The molecule has 0 bridgehead atoms. The van der Waals surface area contributed by atoms with Crippen LogP contribution in [0.25, 0.3) is 11.0 Å². The summed E-state index contributed by atoms with van der Waals surface area (Å²) in [6.07, 6.45) is 1.44. The summed E-state index contributed by atoms with van der Waals surface area (Å²) in [6, 6.07) is 15.8. The van der Waals surface area contributed by atoms with Crippen molar-refractivity contribution in [2.45, 2.75) is 25.0 Å². The van der Waals surface area contributed by atoms with Gasteiger partial charge in [0.25, 0.3) is 0 Å². The largest absolute Gasteiger partial charge is 0.385 e. The standard InChI is InChI=1S/C20H22ClN3O/c1-23-18-5-3-2-4-17(18)22-19(23)14-24-12-10-20(25,11-13-24)15-6-8-16(21)9-7-15/h2-9,25H,10-14H2,1H3. The van der Waals surface area contributed by atoms with Gasteiger partial charge in [0.05, 0.1) is 23.2 Å². The number of aryl methyl sites for hydroxylation is 1. The SMILES string of the molecule is Cn1c(CN2CCC(O)(c3ccc(Cl)cc3)CC2)nc2ccccc21. The third kappa shape index (κ3) is 3.17. The van der Waals surface area contributed by atoms with Gasteiger partial charge in [-0.05, 0) is 42.7 Å². The van der Waals surface area contributed by atoms with E-state index in [-0.39, 0.29) is 0 Å². The maximum absolute atomic E-state index is 11.0. The Labute approximate surface area is 152 Å². The second kappa shape index (κ2) is 6.45. The summed E-state index contributed by atoms with van der Waals surface area (Å²) < 4.78 is 2.16. The Morgan fingerprint density at radius 3 is 2.44 bits per heavy atom. The van der Waals surface area contributed by atoms with Crippen LogP contribution in [0.3, 0.4) is 0 Å². The van der Waals surface area contributed by atoms with Gasteiger partial charge >= 0.3 is 0 Å². The molecule has 1 saturated heterocycles. The minimum absolute atomic E-state index is 0.701. The van der Waals surface area contributed by atoms with Crippen LogP contribution < -0.4 is 0 Å². The topological polar surface area (TPSA) is 41.3 Å². The molecule has 3 aromatic rings. The molecule has 4 rings (SSSR count). The Bertz CT molecular complexity index is 880. The van der Waals surface area contributed by atoms with Crippen LogP contribution >= 0.6 is 11.6 Å². The van der Waals surface area contributed by atoms with E-state index in [9.17, 15) is 5.11 Å². The molecule has 0 aliphatic carbocycles. The van der Waals surface area contributed by atoms with Crippen LogP contribution in [-0.4, -0.2) is 32.6 Å². The minimum atomic E-state index is -0.757. The predicted octanol–water partition coefficient (Wildman–Crippen LogP) is 3.71. The molecule has 2 aromatic carbocycles. The molecule has 1 N–H and O–H groups in total. The zero-order valence-corrected chi connectivity index (χ0v) is 15.1. The summed E-state index contributed by atoms with van der Waals surface area (Å²) in [6.45, 7) is 2.51. The molecule has 0 atom stereocenters. The van der Waals surface area contributed by atoms with E-state index < -0.39 is 5.60 Å². The zero-order chi connectivity index (χ0) is 17.4. The first-order chi connectivity index (χ1) is 12.0. The third-order valence-electron chi connectivity index (χ3n) is 5.31. The van der Waals surface area contributed by atoms with Crippen molar-refractivity contribution in [2.24, 2.45) is 7.05 Å². The fourth-order valence-electron chi connectivity index (χ4n) is 3.67. The Balaban J connectivity index is 1.46. The molecule has 0 unspecified atom stereocenters. The molecule has 25 heavy (non-hydrogen) atoms. The van der Waals surface area contributed by atoms with E-state index in [4.69, 9.17) is 16.6 Å². The third-order valence-corrected chi connectivity index (χ3v) is 5.56. The van der Waals surface area contributed by atoms with E-state index in [0.717, 1.165) is 54.9 Å². The summed E-state index contributed by atoms with van der Waals surface area (Å²) in [7, 11) is 2.07. The van der Waals surface area contributed by atoms with Gasteiger partial charge in [-0.15, -0.1) is 0 Å². The van der Waals surface area contributed by atoms with Crippen molar-refractivity contribution in [2.75, 3.05) is 13.1 Å². The predicted molar refractivity (Wildman–Crippen MR) is 101 cm³/mol. The van der Waals surface area contributed by atoms with Crippen LogP contribution in [-0.2, 0) is 19.2 Å². The summed E-state index contributed by atoms with van der Waals surface area (Å²) in [5.41, 5.74) is 2.40. The monoisotopic (exact) mass is 355 g/mol. The molecule has 5 heteroatoms. The average Bonchev–Trinajstić information content (AvgIpc) is 2.94. The number of halogens is 1. The highest BCUT2D eigenvalue weighted by Gasteiger charge is 2.34. The lowest BCUT2D eigenvalue weighted by Crippen LogP contribution is -2.42. The van der Waals surface area contributed by atoms with Crippen molar-refractivity contribution >= 4 is 22.6 Å². The Morgan fingerprint density at radius 1 is 1.08 bits per heavy atom. The molecule has 0 radical (unpaired) electrons. The van der Waals surface area contributed by atoms with Crippen LogP contribution in [0.1, 0.15) is 24.2 Å². The first kappa shape index (κ1) is 16.6. The molecule has 0 spiro atoms. The van der Waals surface area contributed by atoms with Crippen LogP contribution in [0.4, 0.5) is 0 Å². The van der Waals surface area contributed by atoms with Crippen molar-refractivity contribution in [1.82, 2.24) is 14.5 Å². The van der Waals surface area contributed by atoms with Crippen LogP contribution in [0.5, 0.6) is 0 Å².